The average molecular weight is 527 g/mol. The highest BCUT2D eigenvalue weighted by atomic mass is 32.2. The molecule has 0 radical (unpaired) electrons. The highest BCUT2D eigenvalue weighted by molar-refractivity contribution is 7.92. The van der Waals surface area contributed by atoms with Crippen LogP contribution in [-0.2, 0) is 9.84 Å². The SMILES string of the molecule is CC(C)S(=O)(=O)c1ccc(-c2cnc(OC(N)=O)c(-c3cc(-c4ccc([N+](=O)[O-])cc4F)no3)n2)cc1. The number of hydrogen-bond donors (Lipinski definition) is 1. The molecule has 0 aliphatic heterocycles. The van der Waals surface area contributed by atoms with Gasteiger partial charge >= 0.3 is 6.09 Å². The first-order chi connectivity index (χ1) is 17.5. The van der Waals surface area contributed by atoms with Crippen LogP contribution in [0.5, 0.6) is 5.88 Å². The predicted octanol–water partition coefficient (Wildman–Crippen LogP) is 4.15. The highest BCUT2D eigenvalue weighted by Crippen LogP contribution is 2.33. The van der Waals surface area contributed by atoms with E-state index in [-0.39, 0.29) is 39.2 Å². The number of aromatic nitrogens is 3. The molecule has 0 unspecified atom stereocenters. The number of non-ortho nitro benzene ring substituents is 1. The van der Waals surface area contributed by atoms with Gasteiger partial charge in [0.2, 0.25) is 0 Å². The van der Waals surface area contributed by atoms with E-state index in [9.17, 15) is 27.7 Å². The molecule has 12 nitrogen and oxygen atoms in total. The van der Waals surface area contributed by atoms with Crippen LogP contribution in [0.25, 0.3) is 34.0 Å². The topological polar surface area (TPSA) is 181 Å². The summed E-state index contributed by atoms with van der Waals surface area (Å²) in [6.45, 7) is 3.15. The number of ether oxygens (including phenoxy) is 1. The lowest BCUT2D eigenvalue weighted by Gasteiger charge is -2.09. The van der Waals surface area contributed by atoms with Crippen LogP contribution < -0.4 is 10.5 Å². The van der Waals surface area contributed by atoms with Gasteiger partial charge in [-0.3, -0.25) is 10.1 Å². The Morgan fingerprint density at radius 1 is 1.14 bits per heavy atom. The zero-order valence-electron chi connectivity index (χ0n) is 19.3. The van der Waals surface area contributed by atoms with Crippen molar-refractivity contribution in [2.24, 2.45) is 5.73 Å². The van der Waals surface area contributed by atoms with Gasteiger partial charge in [0.15, 0.2) is 21.3 Å². The smallest absolute Gasteiger partial charge is 0.389 e. The second-order valence-electron chi connectivity index (χ2n) is 7.95. The number of sulfone groups is 1. The number of carbonyl (C=O) groups excluding carboxylic acids is 1. The Kier molecular flexibility index (Phi) is 6.68. The van der Waals surface area contributed by atoms with Crippen LogP contribution in [0, 0.1) is 15.9 Å². The van der Waals surface area contributed by atoms with E-state index in [2.05, 4.69) is 15.1 Å². The summed E-state index contributed by atoms with van der Waals surface area (Å²) in [5, 5.41) is 14.1. The molecule has 0 spiro atoms. The molecule has 2 heterocycles. The molecule has 4 rings (SSSR count). The van der Waals surface area contributed by atoms with Gasteiger partial charge in [-0.05, 0) is 32.0 Å². The van der Waals surface area contributed by atoms with E-state index < -0.39 is 37.6 Å². The largest absolute Gasteiger partial charge is 0.411 e. The minimum Gasteiger partial charge on any atom is -0.389 e. The van der Waals surface area contributed by atoms with Crippen LogP contribution in [0.15, 0.2) is 64.1 Å². The number of benzene rings is 2. The van der Waals surface area contributed by atoms with Crippen molar-refractivity contribution in [1.82, 2.24) is 15.1 Å². The summed E-state index contributed by atoms with van der Waals surface area (Å²) in [5.74, 6) is -1.29. The van der Waals surface area contributed by atoms with Gasteiger partial charge in [0.1, 0.15) is 11.5 Å². The molecule has 37 heavy (non-hydrogen) atoms. The van der Waals surface area contributed by atoms with E-state index in [4.69, 9.17) is 15.0 Å². The van der Waals surface area contributed by atoms with E-state index in [1.165, 1.54) is 42.6 Å². The Morgan fingerprint density at radius 3 is 2.43 bits per heavy atom. The summed E-state index contributed by atoms with van der Waals surface area (Å²) in [6, 6.07) is 10.3. The average Bonchev–Trinajstić information content (AvgIpc) is 3.33. The number of nitro groups is 1. The predicted molar refractivity (Wildman–Crippen MR) is 128 cm³/mol. The van der Waals surface area contributed by atoms with Crippen molar-refractivity contribution < 1.29 is 31.8 Å². The highest BCUT2D eigenvalue weighted by Gasteiger charge is 2.22. The summed E-state index contributed by atoms with van der Waals surface area (Å²) < 4.78 is 49.4. The summed E-state index contributed by atoms with van der Waals surface area (Å²) in [6.07, 6.45) is 0.105. The summed E-state index contributed by atoms with van der Waals surface area (Å²) in [4.78, 5) is 30.1. The summed E-state index contributed by atoms with van der Waals surface area (Å²) in [7, 11) is -3.48. The zero-order chi connectivity index (χ0) is 26.9. The minimum atomic E-state index is -3.48. The molecule has 0 saturated heterocycles. The molecule has 0 aliphatic carbocycles. The van der Waals surface area contributed by atoms with Crippen LogP contribution in [0.2, 0.25) is 0 Å². The zero-order valence-corrected chi connectivity index (χ0v) is 20.1. The molecule has 14 heteroatoms. The Bertz CT molecular complexity index is 1620. The number of amides is 1. The third kappa shape index (κ3) is 5.13. The molecule has 4 aromatic rings. The van der Waals surface area contributed by atoms with Gasteiger partial charge in [0.25, 0.3) is 11.6 Å². The summed E-state index contributed by atoms with van der Waals surface area (Å²) in [5.41, 5.74) is 5.24. The van der Waals surface area contributed by atoms with Crippen LogP contribution in [0.4, 0.5) is 14.9 Å². The second-order valence-corrected chi connectivity index (χ2v) is 10.5. The second kappa shape index (κ2) is 9.73. The number of rotatable bonds is 7. The Morgan fingerprint density at radius 2 is 1.84 bits per heavy atom. The van der Waals surface area contributed by atoms with E-state index in [0.29, 0.717) is 5.56 Å². The normalized spacial score (nSPS) is 11.5. The molecule has 0 aliphatic rings. The van der Waals surface area contributed by atoms with Crippen LogP contribution in [0.1, 0.15) is 13.8 Å². The van der Waals surface area contributed by atoms with Gasteiger partial charge in [-0.15, -0.1) is 0 Å². The van der Waals surface area contributed by atoms with Crippen molar-refractivity contribution in [3.63, 3.8) is 0 Å². The Labute approximate surface area is 209 Å². The molecule has 0 saturated carbocycles. The van der Waals surface area contributed by atoms with E-state index in [0.717, 1.165) is 12.1 Å². The van der Waals surface area contributed by atoms with Gasteiger partial charge in [-0.25, -0.2) is 27.6 Å². The van der Waals surface area contributed by atoms with Crippen LogP contribution >= 0.6 is 0 Å². The fraction of sp³-hybridized carbons (Fsp3) is 0.130. The van der Waals surface area contributed by atoms with E-state index in [1.807, 2.05) is 0 Å². The number of nitrogens with two attached hydrogens (primary N) is 1. The van der Waals surface area contributed by atoms with Gasteiger partial charge in [0, 0.05) is 23.3 Å². The molecular weight excluding hydrogens is 509 g/mol. The van der Waals surface area contributed by atoms with Gasteiger partial charge in [0.05, 0.1) is 33.0 Å². The number of halogens is 1. The molecule has 0 atom stereocenters. The number of hydrogen-bond acceptors (Lipinski definition) is 10. The Hall–Kier alpha value is -4.72. The molecular formula is C23H18FN5O7S. The van der Waals surface area contributed by atoms with Gasteiger partial charge in [-0.2, -0.15) is 0 Å². The fourth-order valence-electron chi connectivity index (χ4n) is 3.27. The molecule has 2 aromatic carbocycles. The summed E-state index contributed by atoms with van der Waals surface area (Å²) >= 11 is 0. The minimum absolute atomic E-state index is 0.0112. The van der Waals surface area contributed by atoms with Crippen LogP contribution in [-0.4, -0.2) is 39.8 Å². The fourth-order valence-corrected chi connectivity index (χ4v) is 4.33. The quantitative estimate of drug-likeness (QED) is 0.271. The number of nitro benzene ring substituents is 1. The number of primary amides is 1. The lowest BCUT2D eigenvalue weighted by atomic mass is 10.1. The molecule has 0 fully saturated rings. The van der Waals surface area contributed by atoms with E-state index in [1.54, 1.807) is 13.8 Å². The lowest BCUT2D eigenvalue weighted by molar-refractivity contribution is -0.385. The first kappa shape index (κ1) is 25.4. The molecule has 0 bridgehead atoms. The van der Waals surface area contributed by atoms with Crippen molar-refractivity contribution in [2.75, 3.05) is 0 Å². The third-order valence-corrected chi connectivity index (χ3v) is 7.39. The van der Waals surface area contributed by atoms with Crippen molar-refractivity contribution in [3.8, 4) is 39.8 Å². The number of nitrogens with zero attached hydrogens (tertiary/aromatic N) is 4. The first-order valence-electron chi connectivity index (χ1n) is 10.6. The molecule has 2 N–H and O–H groups in total. The maximum absolute atomic E-state index is 14.5. The Balaban J connectivity index is 1.75. The molecule has 1 amide bonds. The lowest BCUT2D eigenvalue weighted by Crippen LogP contribution is -2.17. The molecule has 190 valence electrons. The van der Waals surface area contributed by atoms with E-state index >= 15 is 0 Å². The number of carbonyl (C=O) groups is 1. The van der Waals surface area contributed by atoms with Crippen molar-refractivity contribution in [3.05, 3.63) is 70.7 Å². The van der Waals surface area contributed by atoms with Gasteiger partial charge < -0.3 is 15.0 Å². The standard InChI is InChI=1S/C23H18FN5O7S/c1-12(2)37(33,34)15-6-3-13(4-7-15)19-11-26-22(35-23(25)30)21(27-19)20-10-18(28-36-20)16-8-5-14(29(31)32)9-17(16)24/h3-12H,1-2H3,(H2,25,30). The molecule has 2 aromatic heterocycles. The van der Waals surface area contributed by atoms with Gasteiger partial charge in [-0.1, -0.05) is 17.3 Å². The monoisotopic (exact) mass is 527 g/mol. The first-order valence-corrected chi connectivity index (χ1v) is 12.1. The maximum atomic E-state index is 14.5. The third-order valence-electron chi connectivity index (χ3n) is 5.22. The maximum Gasteiger partial charge on any atom is 0.411 e. The van der Waals surface area contributed by atoms with Crippen molar-refractivity contribution in [2.45, 2.75) is 24.0 Å². The van der Waals surface area contributed by atoms with Crippen molar-refractivity contribution in [1.29, 1.82) is 0 Å². The van der Waals surface area contributed by atoms with Crippen molar-refractivity contribution >= 4 is 21.6 Å². The van der Waals surface area contributed by atoms with Crippen LogP contribution in [0.3, 0.4) is 0 Å².